The van der Waals surface area contributed by atoms with Crippen molar-refractivity contribution in [3.8, 4) is 11.6 Å². The van der Waals surface area contributed by atoms with Gasteiger partial charge in [0.1, 0.15) is 29.3 Å². The highest BCUT2D eigenvalue weighted by atomic mass is 32.2. The molecule has 2 aliphatic rings. The van der Waals surface area contributed by atoms with Crippen molar-refractivity contribution >= 4 is 27.0 Å². The van der Waals surface area contributed by atoms with Crippen LogP contribution < -0.4 is 4.74 Å². The maximum atomic E-state index is 14.8. The first kappa shape index (κ1) is 24.4. The smallest absolute Gasteiger partial charge is 0.410 e. The molecule has 0 aliphatic carbocycles. The Kier molecular flexibility index (Phi) is 6.29. The number of benzene rings is 1. The zero-order valence-electron chi connectivity index (χ0n) is 20.0. The zero-order valence-corrected chi connectivity index (χ0v) is 20.8. The van der Waals surface area contributed by atoms with E-state index >= 15 is 0 Å². The Morgan fingerprint density at radius 3 is 2.56 bits per heavy atom. The Balaban J connectivity index is 1.39. The van der Waals surface area contributed by atoms with Gasteiger partial charge < -0.3 is 14.2 Å². The van der Waals surface area contributed by atoms with Gasteiger partial charge in [-0.05, 0) is 32.0 Å². The molecule has 1 aromatic carbocycles. The minimum atomic E-state index is -3.56. The van der Waals surface area contributed by atoms with Gasteiger partial charge in [-0.2, -0.15) is 5.10 Å². The average Bonchev–Trinajstić information content (AvgIpc) is 3.22. The van der Waals surface area contributed by atoms with E-state index in [-0.39, 0.29) is 41.0 Å². The second-order valence-electron chi connectivity index (χ2n) is 9.25. The van der Waals surface area contributed by atoms with Crippen molar-refractivity contribution < 1.29 is 31.8 Å². The standard InChI is InChI=1S/C23H26FN5O6S/c1-13(2)34-23(30)28-14-6-16(7-15(28)11-33-10-14)35-22-18-9-27-29(21(18)25-12-26-22)20-5-4-17(8-19(20)24)36(3,31)32/h4-5,8-9,12-16H,6-7,10-11H2,1-3H3/t14-,15-/m1/s1. The highest BCUT2D eigenvalue weighted by Gasteiger charge is 2.43. The van der Waals surface area contributed by atoms with Crippen LogP contribution in [0.3, 0.4) is 0 Å². The number of rotatable bonds is 5. The van der Waals surface area contributed by atoms with Gasteiger partial charge in [0.25, 0.3) is 0 Å². The minimum absolute atomic E-state index is 0.0469. The second kappa shape index (κ2) is 9.28. The van der Waals surface area contributed by atoms with Gasteiger partial charge in [-0.15, -0.1) is 0 Å². The third-order valence-electron chi connectivity index (χ3n) is 6.21. The molecule has 0 radical (unpaired) electrons. The number of nitrogens with zero attached hydrogens (tertiary/aromatic N) is 5. The summed E-state index contributed by atoms with van der Waals surface area (Å²) in [6.45, 7) is 4.41. The van der Waals surface area contributed by atoms with Crippen molar-refractivity contribution in [1.82, 2.24) is 24.6 Å². The van der Waals surface area contributed by atoms with Crippen LogP contribution in [-0.2, 0) is 19.3 Å². The Morgan fingerprint density at radius 2 is 1.92 bits per heavy atom. The maximum absolute atomic E-state index is 14.8. The SMILES string of the molecule is CC(C)OC(=O)N1[C@H]2COC[C@H]1CC(Oc1ncnc3c1cnn3-c1ccc(S(C)(=O)=O)cc1F)C2. The summed E-state index contributed by atoms with van der Waals surface area (Å²) in [6, 6.07) is 3.25. The quantitative estimate of drug-likeness (QED) is 0.500. The van der Waals surface area contributed by atoms with Gasteiger partial charge in [-0.25, -0.2) is 32.3 Å². The summed E-state index contributed by atoms with van der Waals surface area (Å²) in [5, 5.41) is 4.73. The predicted octanol–water partition coefficient (Wildman–Crippen LogP) is 2.51. The van der Waals surface area contributed by atoms with Gasteiger partial charge in [-0.1, -0.05) is 0 Å². The molecule has 0 unspecified atom stereocenters. The van der Waals surface area contributed by atoms with Gasteiger partial charge >= 0.3 is 6.09 Å². The summed E-state index contributed by atoms with van der Waals surface area (Å²) in [5.41, 5.74) is 0.359. The average molecular weight is 520 g/mol. The first-order valence-corrected chi connectivity index (χ1v) is 13.4. The van der Waals surface area contributed by atoms with E-state index < -0.39 is 15.7 Å². The third kappa shape index (κ3) is 4.60. The van der Waals surface area contributed by atoms with Crippen molar-refractivity contribution in [3.63, 3.8) is 0 Å². The van der Waals surface area contributed by atoms with Crippen LogP contribution in [-0.4, -0.2) is 82.9 Å². The fraction of sp³-hybridized carbons (Fsp3) is 0.478. The molecule has 0 spiro atoms. The number of hydrogen-bond donors (Lipinski definition) is 0. The molecule has 2 aliphatic heterocycles. The molecule has 3 aromatic rings. The number of carbonyl (C=O) groups is 1. The molecule has 4 heterocycles. The minimum Gasteiger partial charge on any atom is -0.474 e. The largest absolute Gasteiger partial charge is 0.474 e. The third-order valence-corrected chi connectivity index (χ3v) is 7.32. The van der Waals surface area contributed by atoms with E-state index in [1.54, 1.807) is 4.90 Å². The summed E-state index contributed by atoms with van der Waals surface area (Å²) in [7, 11) is -3.56. The molecular formula is C23H26FN5O6S. The molecule has 0 N–H and O–H groups in total. The highest BCUT2D eigenvalue weighted by molar-refractivity contribution is 7.90. The van der Waals surface area contributed by atoms with Crippen LogP contribution in [0.25, 0.3) is 16.7 Å². The van der Waals surface area contributed by atoms with Crippen LogP contribution in [0, 0.1) is 5.82 Å². The number of piperidine rings is 1. The van der Waals surface area contributed by atoms with E-state index in [0.717, 1.165) is 12.3 Å². The Hall–Kier alpha value is -3.32. The van der Waals surface area contributed by atoms with Crippen molar-refractivity contribution in [2.75, 3.05) is 19.5 Å². The van der Waals surface area contributed by atoms with Crippen LogP contribution in [0.2, 0.25) is 0 Å². The van der Waals surface area contributed by atoms with Crippen molar-refractivity contribution in [2.24, 2.45) is 0 Å². The number of carbonyl (C=O) groups excluding carboxylic acids is 1. The molecule has 11 nitrogen and oxygen atoms in total. The maximum Gasteiger partial charge on any atom is 0.410 e. The van der Waals surface area contributed by atoms with Crippen LogP contribution in [0.5, 0.6) is 5.88 Å². The van der Waals surface area contributed by atoms with Gasteiger partial charge in [0.05, 0.1) is 42.5 Å². The number of aromatic nitrogens is 4. The molecule has 36 heavy (non-hydrogen) atoms. The molecule has 13 heteroatoms. The lowest BCUT2D eigenvalue weighted by Crippen LogP contribution is -2.61. The van der Waals surface area contributed by atoms with Crippen LogP contribution in [0.15, 0.2) is 35.6 Å². The lowest BCUT2D eigenvalue weighted by atomic mass is 9.92. The van der Waals surface area contributed by atoms with E-state index in [1.807, 2.05) is 13.8 Å². The zero-order chi connectivity index (χ0) is 25.6. The summed E-state index contributed by atoms with van der Waals surface area (Å²) in [5.74, 6) is -0.459. The molecule has 192 valence electrons. The Bertz CT molecular complexity index is 1400. The Morgan fingerprint density at radius 1 is 1.19 bits per heavy atom. The predicted molar refractivity (Wildman–Crippen MR) is 125 cm³/mol. The molecule has 2 fully saturated rings. The van der Waals surface area contributed by atoms with E-state index in [9.17, 15) is 17.6 Å². The van der Waals surface area contributed by atoms with Crippen molar-refractivity contribution in [3.05, 3.63) is 36.5 Å². The van der Waals surface area contributed by atoms with Gasteiger partial charge in [0, 0.05) is 19.1 Å². The second-order valence-corrected chi connectivity index (χ2v) is 11.3. The molecule has 2 aromatic heterocycles. The number of fused-ring (bicyclic) bond motifs is 3. The molecule has 2 atom stereocenters. The molecular weight excluding hydrogens is 493 g/mol. The molecule has 2 saturated heterocycles. The van der Waals surface area contributed by atoms with Crippen LogP contribution >= 0.6 is 0 Å². The summed E-state index contributed by atoms with van der Waals surface area (Å²) in [6.07, 6.45) is 4.06. The first-order valence-electron chi connectivity index (χ1n) is 11.5. The number of sulfone groups is 1. The van der Waals surface area contributed by atoms with Crippen LogP contribution in [0.1, 0.15) is 26.7 Å². The van der Waals surface area contributed by atoms with Gasteiger partial charge in [-0.3, -0.25) is 4.90 Å². The van der Waals surface area contributed by atoms with Crippen molar-refractivity contribution in [1.29, 1.82) is 0 Å². The van der Waals surface area contributed by atoms with Crippen LogP contribution in [0.4, 0.5) is 9.18 Å². The first-order chi connectivity index (χ1) is 17.1. The molecule has 0 saturated carbocycles. The van der Waals surface area contributed by atoms with E-state index in [2.05, 4.69) is 15.1 Å². The van der Waals surface area contributed by atoms with Gasteiger partial charge in [0.2, 0.25) is 5.88 Å². The topological polar surface area (TPSA) is 126 Å². The number of ether oxygens (including phenoxy) is 3. The lowest BCUT2D eigenvalue weighted by Gasteiger charge is -2.47. The van der Waals surface area contributed by atoms with Crippen molar-refractivity contribution in [2.45, 2.75) is 55.9 Å². The number of hydrogen-bond acceptors (Lipinski definition) is 9. The number of halogens is 1. The summed E-state index contributed by atoms with van der Waals surface area (Å²) < 4.78 is 56.9. The van der Waals surface area contributed by atoms with E-state index in [0.29, 0.717) is 43.0 Å². The summed E-state index contributed by atoms with van der Waals surface area (Å²) in [4.78, 5) is 22.7. The molecule has 1 amide bonds. The fourth-order valence-corrected chi connectivity index (χ4v) is 5.30. The summed E-state index contributed by atoms with van der Waals surface area (Å²) >= 11 is 0. The van der Waals surface area contributed by atoms with E-state index in [1.165, 1.54) is 29.3 Å². The Labute approximate surface area is 207 Å². The van der Waals surface area contributed by atoms with E-state index in [4.69, 9.17) is 14.2 Å². The highest BCUT2D eigenvalue weighted by Crippen LogP contribution is 2.33. The fourth-order valence-electron chi connectivity index (χ4n) is 4.66. The van der Waals surface area contributed by atoms with Gasteiger partial charge in [0.15, 0.2) is 15.5 Å². The molecule has 2 bridgehead atoms. The normalized spacial score (nSPS) is 22.1. The molecule has 5 rings (SSSR count). The number of morpholine rings is 1. The monoisotopic (exact) mass is 519 g/mol. The lowest BCUT2D eigenvalue weighted by molar-refractivity contribution is -0.0931. The number of amides is 1.